The second-order valence-electron chi connectivity index (χ2n) is 4.85. The van der Waals surface area contributed by atoms with Gasteiger partial charge in [0.25, 0.3) is 0 Å². The third-order valence-electron chi connectivity index (χ3n) is 3.61. The van der Waals surface area contributed by atoms with Gasteiger partial charge in [0.05, 0.1) is 5.92 Å². The molecule has 0 N–H and O–H groups in total. The number of halogens is 1. The van der Waals surface area contributed by atoms with E-state index in [0.29, 0.717) is 5.02 Å². The molecule has 2 aromatic rings. The highest BCUT2D eigenvalue weighted by molar-refractivity contribution is 6.33. The molecular formula is C17H15ClN2O2. The molecule has 0 aromatic heterocycles. The van der Waals surface area contributed by atoms with Gasteiger partial charge in [-0.15, -0.1) is 0 Å². The summed E-state index contributed by atoms with van der Waals surface area (Å²) < 4.78 is 0. The Hall–Kier alpha value is -2.33. The van der Waals surface area contributed by atoms with Crippen molar-refractivity contribution in [3.63, 3.8) is 0 Å². The zero-order valence-corrected chi connectivity index (χ0v) is 13.0. The van der Waals surface area contributed by atoms with E-state index in [-0.39, 0.29) is 5.92 Å². The van der Waals surface area contributed by atoms with E-state index in [0.717, 1.165) is 28.1 Å². The van der Waals surface area contributed by atoms with E-state index in [1.165, 1.54) is 0 Å². The van der Waals surface area contributed by atoms with E-state index in [9.17, 15) is 0 Å². The fourth-order valence-electron chi connectivity index (χ4n) is 2.74. The molecule has 0 saturated heterocycles. The van der Waals surface area contributed by atoms with Crippen LogP contribution in [0, 0.1) is 0 Å². The molecule has 1 aliphatic carbocycles. The zero-order valence-electron chi connectivity index (χ0n) is 12.3. The van der Waals surface area contributed by atoms with Gasteiger partial charge in [-0.05, 0) is 17.7 Å². The Bertz CT molecular complexity index is 698. The maximum Gasteiger partial charge on any atom is 0.106 e. The number of hydrogen-bond donors (Lipinski definition) is 0. The van der Waals surface area contributed by atoms with E-state index in [2.05, 4.69) is 10.3 Å². The first-order valence-corrected chi connectivity index (χ1v) is 7.21. The number of fused-ring (bicyclic) bond motifs is 1. The van der Waals surface area contributed by atoms with Crippen molar-refractivity contribution in [1.29, 1.82) is 0 Å². The summed E-state index contributed by atoms with van der Waals surface area (Å²) in [5, 5.41) is 9.14. The molecule has 0 atom stereocenters. The second kappa shape index (κ2) is 6.20. The number of hydrogen-bond acceptors (Lipinski definition) is 4. The molecule has 2 aromatic carbocycles. The molecule has 0 aliphatic heterocycles. The summed E-state index contributed by atoms with van der Waals surface area (Å²) in [5.74, 6) is -0.144. The van der Waals surface area contributed by atoms with Crippen LogP contribution >= 0.6 is 11.6 Å². The normalized spacial score (nSPS) is 17.8. The molecule has 1 aliphatic rings. The van der Waals surface area contributed by atoms with E-state index in [4.69, 9.17) is 21.3 Å². The maximum absolute atomic E-state index is 5.99. The van der Waals surface area contributed by atoms with Gasteiger partial charge in [0.2, 0.25) is 0 Å². The van der Waals surface area contributed by atoms with Gasteiger partial charge in [0.15, 0.2) is 0 Å². The largest absolute Gasteiger partial charge is 0.399 e. The quantitative estimate of drug-likeness (QED) is 0.808. The smallest absolute Gasteiger partial charge is 0.106 e. The molecule has 5 heteroatoms. The van der Waals surface area contributed by atoms with E-state index >= 15 is 0 Å². The molecule has 0 bridgehead atoms. The summed E-state index contributed by atoms with van der Waals surface area (Å²) in [7, 11) is 3.08. The molecule has 0 saturated carbocycles. The fourth-order valence-corrected chi connectivity index (χ4v) is 2.87. The summed E-state index contributed by atoms with van der Waals surface area (Å²) >= 11 is 5.99. The lowest BCUT2D eigenvalue weighted by Gasteiger charge is -2.12. The molecule has 0 radical (unpaired) electrons. The molecule has 0 amide bonds. The van der Waals surface area contributed by atoms with Crippen molar-refractivity contribution in [1.82, 2.24) is 0 Å². The van der Waals surface area contributed by atoms with Crippen LogP contribution in [0.2, 0.25) is 5.02 Å². The van der Waals surface area contributed by atoms with Crippen LogP contribution in [0.1, 0.15) is 22.6 Å². The van der Waals surface area contributed by atoms with Crippen molar-refractivity contribution in [2.24, 2.45) is 10.3 Å². The molecule has 4 nitrogen and oxygen atoms in total. The summed E-state index contributed by atoms with van der Waals surface area (Å²) in [4.78, 5) is 10.1. The van der Waals surface area contributed by atoms with Crippen molar-refractivity contribution in [2.75, 3.05) is 14.2 Å². The highest BCUT2D eigenvalue weighted by Crippen LogP contribution is 2.36. The number of oxime groups is 2. The zero-order chi connectivity index (χ0) is 15.5. The second-order valence-corrected chi connectivity index (χ2v) is 5.28. The molecule has 0 spiro atoms. The highest BCUT2D eigenvalue weighted by Gasteiger charge is 2.37. The SMILES string of the molecule is CO/N=C1\c2ccccc2/C(=N\OC)C1c1ccc(Cl)cc1. The fraction of sp³-hybridized carbons (Fsp3) is 0.176. The van der Waals surface area contributed by atoms with Crippen molar-refractivity contribution in [3.8, 4) is 0 Å². The number of rotatable bonds is 3. The summed E-state index contributed by atoms with van der Waals surface area (Å²) in [6, 6.07) is 15.6. The first kappa shape index (κ1) is 14.6. The average Bonchev–Trinajstić information content (AvgIpc) is 2.84. The van der Waals surface area contributed by atoms with Crippen LogP contribution in [0.15, 0.2) is 58.8 Å². The van der Waals surface area contributed by atoms with Crippen LogP contribution in [0.3, 0.4) is 0 Å². The van der Waals surface area contributed by atoms with E-state index in [1.807, 2.05) is 48.5 Å². The lowest BCUT2D eigenvalue weighted by Crippen LogP contribution is -2.15. The number of benzene rings is 2. The molecule has 112 valence electrons. The predicted molar refractivity (Wildman–Crippen MR) is 87.7 cm³/mol. The van der Waals surface area contributed by atoms with Gasteiger partial charge >= 0.3 is 0 Å². The third-order valence-corrected chi connectivity index (χ3v) is 3.86. The van der Waals surface area contributed by atoms with Crippen molar-refractivity contribution < 1.29 is 9.68 Å². The van der Waals surface area contributed by atoms with Gasteiger partial charge in [-0.1, -0.05) is 58.3 Å². The van der Waals surface area contributed by atoms with E-state index < -0.39 is 0 Å². The maximum atomic E-state index is 5.99. The van der Waals surface area contributed by atoms with Gasteiger partial charge in [-0.2, -0.15) is 0 Å². The minimum absolute atomic E-state index is 0.144. The predicted octanol–water partition coefficient (Wildman–Crippen LogP) is 3.84. The monoisotopic (exact) mass is 314 g/mol. The first-order valence-electron chi connectivity index (χ1n) is 6.83. The van der Waals surface area contributed by atoms with E-state index in [1.54, 1.807) is 14.2 Å². The van der Waals surface area contributed by atoms with Gasteiger partial charge in [-0.3, -0.25) is 0 Å². The van der Waals surface area contributed by atoms with Crippen LogP contribution in [0.5, 0.6) is 0 Å². The van der Waals surface area contributed by atoms with Crippen LogP contribution in [0.4, 0.5) is 0 Å². The van der Waals surface area contributed by atoms with Crippen molar-refractivity contribution in [3.05, 3.63) is 70.2 Å². The Morgan fingerprint density at radius 1 is 0.818 bits per heavy atom. The average molecular weight is 315 g/mol. The molecule has 0 unspecified atom stereocenters. The summed E-state index contributed by atoms with van der Waals surface area (Å²) in [6.07, 6.45) is 0. The van der Waals surface area contributed by atoms with Crippen molar-refractivity contribution >= 4 is 23.0 Å². The Kier molecular flexibility index (Phi) is 4.11. The molecule has 3 rings (SSSR count). The number of nitrogens with zero attached hydrogens (tertiary/aromatic N) is 2. The minimum Gasteiger partial charge on any atom is -0.399 e. The Morgan fingerprint density at radius 2 is 1.32 bits per heavy atom. The lowest BCUT2D eigenvalue weighted by atomic mass is 9.93. The van der Waals surface area contributed by atoms with Crippen LogP contribution in [-0.2, 0) is 9.68 Å². The van der Waals surface area contributed by atoms with Gasteiger partial charge in [0.1, 0.15) is 25.6 Å². The molecular weight excluding hydrogens is 300 g/mol. The summed E-state index contributed by atoms with van der Waals surface area (Å²) in [5.41, 5.74) is 4.67. The minimum atomic E-state index is -0.144. The standard InChI is InChI=1S/C17H15ClN2O2/c1-21-19-16-13-5-3-4-6-14(13)17(20-22-2)15(16)11-7-9-12(18)10-8-11/h3-10,15H,1-2H3/b19-16+,20-17+. The lowest BCUT2D eigenvalue weighted by molar-refractivity contribution is 0.211. The molecule has 22 heavy (non-hydrogen) atoms. The Labute approximate surface area is 134 Å². The van der Waals surface area contributed by atoms with Crippen LogP contribution in [-0.4, -0.2) is 25.6 Å². The van der Waals surface area contributed by atoms with Crippen molar-refractivity contribution in [2.45, 2.75) is 5.92 Å². The Morgan fingerprint density at radius 3 is 1.77 bits per heavy atom. The highest BCUT2D eigenvalue weighted by atomic mass is 35.5. The van der Waals surface area contributed by atoms with Gasteiger partial charge in [-0.25, -0.2) is 0 Å². The molecule has 0 fully saturated rings. The Balaban J connectivity index is 2.20. The van der Waals surface area contributed by atoms with Gasteiger partial charge < -0.3 is 9.68 Å². The first-order chi connectivity index (χ1) is 10.8. The van der Waals surface area contributed by atoms with Crippen LogP contribution in [0.25, 0.3) is 0 Å². The topological polar surface area (TPSA) is 43.2 Å². The molecule has 0 heterocycles. The van der Waals surface area contributed by atoms with Crippen LogP contribution < -0.4 is 0 Å². The third kappa shape index (κ3) is 2.46. The summed E-state index contributed by atoms with van der Waals surface area (Å²) in [6.45, 7) is 0. The van der Waals surface area contributed by atoms with Gasteiger partial charge in [0, 0.05) is 16.1 Å².